The standard InChI is InChI=1S/C20H17IN2O2/c1-22(2)8-9-23-19(24)15-5-3-4-13-10-12-6-7-14(21)11-16(12)18(17(13)15)20(23)25/h3-7,10-11H,8-9H2,1-2H3. The summed E-state index contributed by atoms with van der Waals surface area (Å²) in [5.41, 5.74) is 1.27. The summed E-state index contributed by atoms with van der Waals surface area (Å²) in [5.74, 6) is -0.391. The lowest BCUT2D eigenvalue weighted by Crippen LogP contribution is -2.43. The molecule has 0 bridgehead atoms. The van der Waals surface area contributed by atoms with E-state index in [2.05, 4.69) is 28.7 Å². The lowest BCUT2D eigenvalue weighted by Gasteiger charge is -2.29. The number of halogens is 1. The third kappa shape index (κ3) is 2.62. The molecule has 5 heteroatoms. The van der Waals surface area contributed by atoms with E-state index in [1.54, 1.807) is 0 Å². The first-order valence-electron chi connectivity index (χ1n) is 8.13. The summed E-state index contributed by atoms with van der Waals surface area (Å²) >= 11 is 2.25. The second kappa shape index (κ2) is 6.07. The van der Waals surface area contributed by atoms with Crippen molar-refractivity contribution in [2.24, 2.45) is 0 Å². The summed E-state index contributed by atoms with van der Waals surface area (Å²) in [6, 6.07) is 13.8. The van der Waals surface area contributed by atoms with Gasteiger partial charge in [0.2, 0.25) is 0 Å². The van der Waals surface area contributed by atoms with Gasteiger partial charge in [-0.05, 0) is 77.1 Å². The maximum atomic E-state index is 13.2. The van der Waals surface area contributed by atoms with Gasteiger partial charge in [-0.3, -0.25) is 14.5 Å². The molecule has 0 aliphatic carbocycles. The van der Waals surface area contributed by atoms with Gasteiger partial charge in [0.1, 0.15) is 0 Å². The van der Waals surface area contributed by atoms with Crippen LogP contribution in [0.15, 0.2) is 42.5 Å². The van der Waals surface area contributed by atoms with Crippen molar-refractivity contribution in [2.45, 2.75) is 0 Å². The molecule has 3 aromatic carbocycles. The zero-order valence-electron chi connectivity index (χ0n) is 14.0. The largest absolute Gasteiger partial charge is 0.308 e. The van der Waals surface area contributed by atoms with Crippen LogP contribution in [0, 0.1) is 3.57 Å². The molecule has 3 aromatic rings. The number of carbonyl (C=O) groups is 2. The van der Waals surface area contributed by atoms with E-state index < -0.39 is 0 Å². The number of rotatable bonds is 3. The second-order valence-corrected chi connectivity index (χ2v) is 7.83. The predicted molar refractivity (Wildman–Crippen MR) is 108 cm³/mol. The summed E-state index contributed by atoms with van der Waals surface area (Å²) in [7, 11) is 3.87. The summed E-state index contributed by atoms with van der Waals surface area (Å²) in [5, 5.41) is 3.66. The molecular formula is C20H17IN2O2. The fraction of sp³-hybridized carbons (Fsp3) is 0.200. The van der Waals surface area contributed by atoms with Crippen LogP contribution in [0.2, 0.25) is 0 Å². The first-order valence-corrected chi connectivity index (χ1v) is 9.21. The van der Waals surface area contributed by atoms with Gasteiger partial charge in [-0.1, -0.05) is 18.2 Å². The number of fused-ring (bicyclic) bond motifs is 2. The molecule has 0 unspecified atom stereocenters. The average Bonchev–Trinajstić information content (AvgIpc) is 2.58. The molecule has 1 heterocycles. The van der Waals surface area contributed by atoms with Crippen LogP contribution in [-0.4, -0.2) is 48.8 Å². The van der Waals surface area contributed by atoms with Crippen molar-refractivity contribution in [2.75, 3.05) is 27.2 Å². The van der Waals surface area contributed by atoms with Gasteiger partial charge in [-0.25, -0.2) is 0 Å². The minimum absolute atomic E-state index is 0.192. The Labute approximate surface area is 159 Å². The Morgan fingerprint density at radius 2 is 1.80 bits per heavy atom. The fourth-order valence-corrected chi connectivity index (χ4v) is 3.91. The molecule has 0 saturated heterocycles. The molecular weight excluding hydrogens is 427 g/mol. The fourth-order valence-electron chi connectivity index (χ4n) is 3.42. The molecule has 1 aliphatic rings. The number of hydrogen-bond donors (Lipinski definition) is 0. The van der Waals surface area contributed by atoms with E-state index in [-0.39, 0.29) is 11.8 Å². The first-order chi connectivity index (χ1) is 12.0. The minimum atomic E-state index is -0.199. The number of imide groups is 1. The Morgan fingerprint density at radius 3 is 2.56 bits per heavy atom. The summed E-state index contributed by atoms with van der Waals surface area (Å²) in [6.07, 6.45) is 0. The van der Waals surface area contributed by atoms with Crippen molar-refractivity contribution >= 4 is 56.0 Å². The molecule has 4 rings (SSSR count). The number of nitrogens with zero attached hydrogens (tertiary/aromatic N) is 2. The van der Waals surface area contributed by atoms with Gasteiger partial charge in [0, 0.05) is 27.6 Å². The van der Waals surface area contributed by atoms with E-state index in [4.69, 9.17) is 0 Å². The monoisotopic (exact) mass is 444 g/mol. The van der Waals surface area contributed by atoms with Crippen molar-refractivity contribution in [3.8, 4) is 0 Å². The van der Waals surface area contributed by atoms with E-state index in [1.807, 2.05) is 55.4 Å². The first kappa shape index (κ1) is 16.5. The van der Waals surface area contributed by atoms with Crippen molar-refractivity contribution in [3.63, 3.8) is 0 Å². The van der Waals surface area contributed by atoms with Crippen LogP contribution >= 0.6 is 22.6 Å². The molecule has 2 amide bonds. The van der Waals surface area contributed by atoms with Crippen LogP contribution in [0.3, 0.4) is 0 Å². The minimum Gasteiger partial charge on any atom is -0.308 e. The quantitative estimate of drug-likeness (QED) is 0.351. The second-order valence-electron chi connectivity index (χ2n) is 6.59. The Kier molecular flexibility index (Phi) is 4.00. The lowest BCUT2D eigenvalue weighted by molar-refractivity contribution is 0.0602. The molecule has 0 saturated carbocycles. The van der Waals surface area contributed by atoms with Crippen LogP contribution in [0.25, 0.3) is 21.5 Å². The van der Waals surface area contributed by atoms with Crippen LogP contribution in [0.5, 0.6) is 0 Å². The van der Waals surface area contributed by atoms with Gasteiger partial charge in [0.15, 0.2) is 0 Å². The summed E-state index contributed by atoms with van der Waals surface area (Å²) in [6.45, 7) is 1.03. The highest BCUT2D eigenvalue weighted by atomic mass is 127. The zero-order chi connectivity index (χ0) is 17.7. The van der Waals surface area contributed by atoms with Crippen molar-refractivity contribution in [1.29, 1.82) is 0 Å². The number of amides is 2. The molecule has 0 radical (unpaired) electrons. The molecule has 4 nitrogen and oxygen atoms in total. The van der Waals surface area contributed by atoms with Crippen LogP contribution < -0.4 is 0 Å². The molecule has 0 spiro atoms. The van der Waals surface area contributed by atoms with Gasteiger partial charge in [0.25, 0.3) is 11.8 Å². The highest BCUT2D eigenvalue weighted by Gasteiger charge is 2.33. The molecule has 0 fully saturated rings. The Bertz CT molecular complexity index is 1040. The average molecular weight is 444 g/mol. The van der Waals surface area contributed by atoms with Gasteiger partial charge in [-0.15, -0.1) is 0 Å². The number of carbonyl (C=O) groups excluding carboxylic acids is 2. The van der Waals surface area contributed by atoms with E-state index >= 15 is 0 Å². The third-order valence-corrected chi connectivity index (χ3v) is 5.32. The normalized spacial score (nSPS) is 14.2. The Morgan fingerprint density at radius 1 is 1.00 bits per heavy atom. The van der Waals surface area contributed by atoms with E-state index in [0.717, 1.165) is 25.1 Å². The molecule has 126 valence electrons. The number of benzene rings is 3. The van der Waals surface area contributed by atoms with Gasteiger partial charge in [-0.2, -0.15) is 0 Å². The van der Waals surface area contributed by atoms with Crippen LogP contribution in [0.4, 0.5) is 0 Å². The van der Waals surface area contributed by atoms with E-state index in [1.165, 1.54) is 4.90 Å². The van der Waals surface area contributed by atoms with Gasteiger partial charge in [0.05, 0.1) is 5.56 Å². The topological polar surface area (TPSA) is 40.6 Å². The third-order valence-electron chi connectivity index (χ3n) is 4.65. The predicted octanol–water partition coefficient (Wildman–Crippen LogP) is 3.76. The smallest absolute Gasteiger partial charge is 0.262 e. The molecule has 0 N–H and O–H groups in total. The molecule has 1 aliphatic heterocycles. The highest BCUT2D eigenvalue weighted by molar-refractivity contribution is 14.1. The lowest BCUT2D eigenvalue weighted by atomic mass is 9.89. The maximum absolute atomic E-state index is 13.2. The SMILES string of the molecule is CN(C)CCN1C(=O)c2cccc3cc4ccc(I)cc4c(c23)C1=O. The Balaban J connectivity index is 2.03. The zero-order valence-corrected chi connectivity index (χ0v) is 16.2. The van der Waals surface area contributed by atoms with Gasteiger partial charge < -0.3 is 4.90 Å². The van der Waals surface area contributed by atoms with Crippen LogP contribution in [-0.2, 0) is 0 Å². The van der Waals surface area contributed by atoms with Crippen molar-refractivity contribution in [1.82, 2.24) is 9.80 Å². The number of likely N-dealkylation sites (N-methyl/N-ethyl adjacent to an activating group) is 1. The summed E-state index contributed by atoms with van der Waals surface area (Å²) in [4.78, 5) is 29.5. The van der Waals surface area contributed by atoms with Gasteiger partial charge >= 0.3 is 0 Å². The highest BCUT2D eigenvalue weighted by Crippen LogP contribution is 2.36. The molecule has 0 atom stereocenters. The van der Waals surface area contributed by atoms with E-state index in [0.29, 0.717) is 24.2 Å². The maximum Gasteiger partial charge on any atom is 0.262 e. The van der Waals surface area contributed by atoms with Crippen molar-refractivity contribution in [3.05, 3.63) is 57.2 Å². The van der Waals surface area contributed by atoms with Crippen molar-refractivity contribution < 1.29 is 9.59 Å². The van der Waals surface area contributed by atoms with E-state index in [9.17, 15) is 9.59 Å². The van der Waals surface area contributed by atoms with Crippen LogP contribution in [0.1, 0.15) is 20.7 Å². The number of hydrogen-bond acceptors (Lipinski definition) is 3. The molecule has 0 aromatic heterocycles. The summed E-state index contributed by atoms with van der Waals surface area (Å²) < 4.78 is 1.07. The molecule has 25 heavy (non-hydrogen) atoms. The Hall–Kier alpha value is -1.99.